The van der Waals surface area contributed by atoms with Gasteiger partial charge in [-0.1, -0.05) is 17.3 Å². The molecule has 28 heavy (non-hydrogen) atoms. The number of nitrogens with one attached hydrogen (secondary N) is 1. The van der Waals surface area contributed by atoms with E-state index >= 15 is 0 Å². The highest BCUT2D eigenvalue weighted by atomic mass is 32.1. The van der Waals surface area contributed by atoms with Crippen LogP contribution in [0.4, 0.5) is 0 Å². The van der Waals surface area contributed by atoms with Gasteiger partial charge in [0.1, 0.15) is 0 Å². The minimum atomic E-state index is -0.0895. The van der Waals surface area contributed by atoms with Crippen molar-refractivity contribution >= 4 is 17.2 Å². The van der Waals surface area contributed by atoms with Gasteiger partial charge in [0, 0.05) is 41.9 Å². The maximum absolute atomic E-state index is 12.3. The Labute approximate surface area is 166 Å². The molecule has 1 aromatic carbocycles. The zero-order chi connectivity index (χ0) is 19.3. The zero-order valence-electron chi connectivity index (χ0n) is 15.3. The van der Waals surface area contributed by atoms with Crippen molar-refractivity contribution in [3.05, 3.63) is 71.3 Å². The van der Waals surface area contributed by atoms with Gasteiger partial charge in [0.25, 0.3) is 0 Å². The number of hydrogen-bond donors (Lipinski definition) is 1. The zero-order valence-corrected chi connectivity index (χ0v) is 16.1. The lowest BCUT2D eigenvalue weighted by atomic mass is 10.1. The molecular weight excluding hydrogens is 374 g/mol. The van der Waals surface area contributed by atoms with Crippen LogP contribution in [0.25, 0.3) is 17.1 Å². The highest BCUT2D eigenvalue weighted by molar-refractivity contribution is 7.08. The number of imidazole rings is 1. The Hall–Kier alpha value is -3.26. The lowest BCUT2D eigenvalue weighted by Gasteiger charge is -2.14. The summed E-state index contributed by atoms with van der Waals surface area (Å²) in [6, 6.07) is 9.87. The van der Waals surface area contributed by atoms with Gasteiger partial charge in [-0.25, -0.2) is 4.98 Å². The summed E-state index contributed by atoms with van der Waals surface area (Å²) in [5.74, 6) is 0.971. The molecule has 3 heterocycles. The fourth-order valence-corrected chi connectivity index (χ4v) is 3.46. The van der Waals surface area contributed by atoms with Crippen LogP contribution < -0.4 is 5.32 Å². The van der Waals surface area contributed by atoms with Crippen molar-refractivity contribution in [2.45, 2.75) is 25.8 Å². The number of rotatable bonds is 7. The first-order valence-corrected chi connectivity index (χ1v) is 9.86. The van der Waals surface area contributed by atoms with Crippen LogP contribution in [0.5, 0.6) is 0 Å². The van der Waals surface area contributed by atoms with Crippen LogP contribution in [0.15, 0.2) is 64.3 Å². The minimum Gasteiger partial charge on any atom is -0.350 e. The minimum absolute atomic E-state index is 0.0542. The van der Waals surface area contributed by atoms with Crippen LogP contribution in [0.2, 0.25) is 0 Å². The molecule has 0 saturated carbocycles. The topological polar surface area (TPSA) is 85.8 Å². The van der Waals surface area contributed by atoms with E-state index in [1.54, 1.807) is 23.9 Å². The molecule has 0 spiro atoms. The fourth-order valence-electron chi connectivity index (χ4n) is 2.83. The van der Waals surface area contributed by atoms with E-state index in [2.05, 4.69) is 20.4 Å². The Kier molecular flexibility index (Phi) is 5.29. The first-order valence-electron chi connectivity index (χ1n) is 8.92. The largest absolute Gasteiger partial charge is 0.350 e. The number of amides is 1. The standard InChI is InChI=1S/C20H19N5O2S/c1-14(15-2-4-17(5-3-15)25-10-9-21-13-25)22-18(26)6-7-19-23-20(24-27-19)16-8-11-28-12-16/h2-5,8-14H,6-7H2,1H3,(H,22,26)/t14-/m0/s1. The molecule has 0 bridgehead atoms. The van der Waals surface area contributed by atoms with E-state index in [9.17, 15) is 4.79 Å². The summed E-state index contributed by atoms with van der Waals surface area (Å²) in [5, 5.41) is 10.9. The monoisotopic (exact) mass is 393 g/mol. The van der Waals surface area contributed by atoms with E-state index in [-0.39, 0.29) is 11.9 Å². The summed E-state index contributed by atoms with van der Waals surface area (Å²) in [7, 11) is 0. The van der Waals surface area contributed by atoms with Gasteiger partial charge in [-0.15, -0.1) is 0 Å². The highest BCUT2D eigenvalue weighted by Gasteiger charge is 2.13. The summed E-state index contributed by atoms with van der Waals surface area (Å²) in [5.41, 5.74) is 2.99. The van der Waals surface area contributed by atoms with Crippen LogP contribution in [-0.4, -0.2) is 25.6 Å². The summed E-state index contributed by atoms with van der Waals surface area (Å²) in [4.78, 5) is 20.7. The first kappa shape index (κ1) is 18.1. The number of aryl methyl sites for hydroxylation is 1. The van der Waals surface area contributed by atoms with Gasteiger partial charge < -0.3 is 14.4 Å². The molecule has 3 aromatic heterocycles. The molecule has 7 nitrogen and oxygen atoms in total. The van der Waals surface area contributed by atoms with E-state index in [4.69, 9.17) is 4.52 Å². The molecule has 1 atom stereocenters. The first-order chi connectivity index (χ1) is 13.7. The summed E-state index contributed by atoms with van der Waals surface area (Å²) < 4.78 is 7.17. The van der Waals surface area contributed by atoms with Gasteiger partial charge in [0.05, 0.1) is 12.4 Å². The summed E-state index contributed by atoms with van der Waals surface area (Å²) >= 11 is 1.58. The second-order valence-corrected chi connectivity index (χ2v) is 7.15. The molecule has 142 valence electrons. The molecule has 8 heteroatoms. The lowest BCUT2D eigenvalue weighted by molar-refractivity contribution is -0.121. The Morgan fingerprint density at radius 3 is 2.86 bits per heavy atom. The normalized spacial score (nSPS) is 12.0. The molecule has 1 N–H and O–H groups in total. The van der Waals surface area contributed by atoms with E-state index in [0.29, 0.717) is 24.6 Å². The van der Waals surface area contributed by atoms with Crippen LogP contribution in [0, 0.1) is 0 Å². The SMILES string of the molecule is C[C@H](NC(=O)CCc1nc(-c2ccsc2)no1)c1ccc(-n2ccnc2)cc1. The number of nitrogens with zero attached hydrogens (tertiary/aromatic N) is 4. The third-order valence-electron chi connectivity index (χ3n) is 4.39. The van der Waals surface area contributed by atoms with Crippen molar-refractivity contribution in [2.24, 2.45) is 0 Å². The van der Waals surface area contributed by atoms with Crippen molar-refractivity contribution in [3.63, 3.8) is 0 Å². The molecule has 0 saturated heterocycles. The fraction of sp³-hybridized carbons (Fsp3) is 0.200. The third kappa shape index (κ3) is 4.17. The van der Waals surface area contributed by atoms with Crippen LogP contribution >= 0.6 is 11.3 Å². The van der Waals surface area contributed by atoms with Crippen molar-refractivity contribution in [1.82, 2.24) is 25.0 Å². The molecule has 0 unspecified atom stereocenters. The van der Waals surface area contributed by atoms with Gasteiger partial charge in [0.15, 0.2) is 0 Å². The van der Waals surface area contributed by atoms with Gasteiger partial charge in [0.2, 0.25) is 17.6 Å². The van der Waals surface area contributed by atoms with Crippen molar-refractivity contribution < 1.29 is 9.32 Å². The second-order valence-electron chi connectivity index (χ2n) is 6.37. The quantitative estimate of drug-likeness (QED) is 0.516. The number of benzene rings is 1. The Morgan fingerprint density at radius 2 is 2.14 bits per heavy atom. The van der Waals surface area contributed by atoms with Gasteiger partial charge >= 0.3 is 0 Å². The maximum atomic E-state index is 12.3. The third-order valence-corrected chi connectivity index (χ3v) is 5.07. The Balaban J connectivity index is 1.30. The molecule has 0 aliphatic carbocycles. The number of carbonyl (C=O) groups excluding carboxylic acids is 1. The molecular formula is C20H19N5O2S. The van der Waals surface area contributed by atoms with E-state index in [0.717, 1.165) is 16.8 Å². The van der Waals surface area contributed by atoms with Crippen molar-refractivity contribution in [2.75, 3.05) is 0 Å². The highest BCUT2D eigenvalue weighted by Crippen LogP contribution is 2.19. The second kappa shape index (κ2) is 8.18. The number of aromatic nitrogens is 4. The lowest BCUT2D eigenvalue weighted by Crippen LogP contribution is -2.26. The van der Waals surface area contributed by atoms with Gasteiger partial charge in [-0.2, -0.15) is 16.3 Å². The van der Waals surface area contributed by atoms with Crippen LogP contribution in [0.1, 0.15) is 30.8 Å². The van der Waals surface area contributed by atoms with Crippen molar-refractivity contribution in [3.8, 4) is 17.1 Å². The van der Waals surface area contributed by atoms with E-state index in [1.807, 2.05) is 58.8 Å². The average Bonchev–Trinajstić information content (AvgIpc) is 3.49. The van der Waals surface area contributed by atoms with E-state index in [1.165, 1.54) is 0 Å². The van der Waals surface area contributed by atoms with Gasteiger partial charge in [-0.3, -0.25) is 4.79 Å². The number of hydrogen-bond acceptors (Lipinski definition) is 6. The predicted octanol–water partition coefficient (Wildman–Crippen LogP) is 3.79. The Morgan fingerprint density at radius 1 is 1.29 bits per heavy atom. The molecule has 0 aliphatic rings. The number of thiophene rings is 1. The smallest absolute Gasteiger partial charge is 0.227 e. The number of carbonyl (C=O) groups is 1. The Bertz CT molecular complexity index is 1020. The molecule has 4 rings (SSSR count). The molecule has 0 radical (unpaired) electrons. The molecule has 4 aromatic rings. The van der Waals surface area contributed by atoms with Crippen molar-refractivity contribution in [1.29, 1.82) is 0 Å². The molecule has 0 aliphatic heterocycles. The maximum Gasteiger partial charge on any atom is 0.227 e. The van der Waals surface area contributed by atoms with Crippen LogP contribution in [0.3, 0.4) is 0 Å². The summed E-state index contributed by atoms with van der Waals surface area (Å²) in [6.07, 6.45) is 6.09. The predicted molar refractivity (Wildman–Crippen MR) is 106 cm³/mol. The molecule has 0 fully saturated rings. The van der Waals surface area contributed by atoms with E-state index < -0.39 is 0 Å². The van der Waals surface area contributed by atoms with Gasteiger partial charge in [-0.05, 0) is 36.1 Å². The molecule has 1 amide bonds. The van der Waals surface area contributed by atoms with Crippen LogP contribution in [-0.2, 0) is 11.2 Å². The summed E-state index contributed by atoms with van der Waals surface area (Å²) in [6.45, 7) is 1.96. The average molecular weight is 393 g/mol.